The van der Waals surface area contributed by atoms with Crippen molar-refractivity contribution in [2.75, 3.05) is 18.1 Å². The summed E-state index contributed by atoms with van der Waals surface area (Å²) in [5, 5.41) is 14.6. The normalized spacial score (nSPS) is 22.0. The largest absolute Gasteiger partial charge is 0.481 e. The van der Waals surface area contributed by atoms with Crippen LogP contribution in [0.4, 0.5) is 0 Å². The van der Waals surface area contributed by atoms with E-state index in [1.807, 2.05) is 0 Å². The third-order valence-corrected chi connectivity index (χ3v) is 4.45. The second-order valence-corrected chi connectivity index (χ2v) is 6.63. The monoisotopic (exact) mass is 280 g/mol. The molecule has 0 aromatic rings. The predicted molar refractivity (Wildman–Crippen MR) is 67.7 cm³/mol. The number of aliphatic carboxylic acids is 1. The maximum Gasteiger partial charge on any atom is 0.303 e. The number of carbonyl (C=O) groups is 1. The van der Waals surface area contributed by atoms with E-state index >= 15 is 0 Å². The van der Waals surface area contributed by atoms with Gasteiger partial charge in [0.05, 0.1) is 11.5 Å². The van der Waals surface area contributed by atoms with E-state index in [-0.39, 0.29) is 24.0 Å². The molecule has 1 saturated heterocycles. The van der Waals surface area contributed by atoms with E-state index in [1.54, 1.807) is 0 Å². The van der Waals surface area contributed by atoms with Crippen LogP contribution in [-0.2, 0) is 14.6 Å². The molecule has 17 heavy (non-hydrogen) atoms. The molecule has 3 N–H and O–H groups in total. The van der Waals surface area contributed by atoms with Crippen LogP contribution in [-0.4, -0.2) is 48.7 Å². The van der Waals surface area contributed by atoms with E-state index in [2.05, 4.69) is 10.6 Å². The summed E-state index contributed by atoms with van der Waals surface area (Å²) in [5.41, 5.74) is 0. The van der Waals surface area contributed by atoms with Gasteiger partial charge in [-0.1, -0.05) is 0 Å². The van der Waals surface area contributed by atoms with E-state index in [4.69, 9.17) is 17.3 Å². The smallest absolute Gasteiger partial charge is 0.303 e. The van der Waals surface area contributed by atoms with Gasteiger partial charge in [0.25, 0.3) is 0 Å². The second-order valence-electron chi connectivity index (χ2n) is 4.00. The van der Waals surface area contributed by atoms with E-state index in [9.17, 15) is 13.2 Å². The van der Waals surface area contributed by atoms with E-state index in [0.29, 0.717) is 24.5 Å². The average molecular weight is 280 g/mol. The minimum absolute atomic E-state index is 0.0907. The molecule has 0 radical (unpaired) electrons. The van der Waals surface area contributed by atoms with Gasteiger partial charge in [0.15, 0.2) is 14.9 Å². The number of carboxylic acids is 1. The molecule has 1 aliphatic rings. The lowest BCUT2D eigenvalue weighted by molar-refractivity contribution is -0.137. The van der Waals surface area contributed by atoms with Crippen LogP contribution >= 0.6 is 12.2 Å². The lowest BCUT2D eigenvalue weighted by Gasteiger charge is -2.14. The summed E-state index contributed by atoms with van der Waals surface area (Å²) in [7, 11) is -2.91. The highest BCUT2D eigenvalue weighted by Gasteiger charge is 2.27. The number of hydrogen-bond donors (Lipinski definition) is 3. The van der Waals surface area contributed by atoms with Crippen LogP contribution in [0.15, 0.2) is 0 Å². The number of nitrogens with one attached hydrogen (secondary N) is 2. The fourth-order valence-electron chi connectivity index (χ4n) is 1.59. The van der Waals surface area contributed by atoms with Crippen LogP contribution in [0, 0.1) is 0 Å². The van der Waals surface area contributed by atoms with Crippen molar-refractivity contribution in [3.8, 4) is 0 Å². The minimum atomic E-state index is -2.91. The first-order valence-electron chi connectivity index (χ1n) is 5.35. The van der Waals surface area contributed by atoms with Gasteiger partial charge in [0.2, 0.25) is 0 Å². The van der Waals surface area contributed by atoms with Gasteiger partial charge in [-0.15, -0.1) is 0 Å². The molecule has 0 amide bonds. The highest BCUT2D eigenvalue weighted by Crippen LogP contribution is 2.10. The third kappa shape index (κ3) is 5.83. The van der Waals surface area contributed by atoms with Crippen LogP contribution in [0.1, 0.15) is 19.3 Å². The molecule has 98 valence electrons. The summed E-state index contributed by atoms with van der Waals surface area (Å²) < 4.78 is 22.4. The third-order valence-electron chi connectivity index (χ3n) is 2.42. The Morgan fingerprint density at radius 2 is 2.18 bits per heavy atom. The van der Waals surface area contributed by atoms with Crippen molar-refractivity contribution in [3.63, 3.8) is 0 Å². The van der Waals surface area contributed by atoms with Crippen LogP contribution in [0.5, 0.6) is 0 Å². The zero-order valence-corrected chi connectivity index (χ0v) is 10.9. The highest BCUT2D eigenvalue weighted by molar-refractivity contribution is 7.91. The van der Waals surface area contributed by atoms with Crippen LogP contribution in [0.2, 0.25) is 0 Å². The van der Waals surface area contributed by atoms with Crippen molar-refractivity contribution >= 4 is 33.1 Å². The Kier molecular flexibility index (Phi) is 5.13. The van der Waals surface area contributed by atoms with Crippen LogP contribution in [0.3, 0.4) is 0 Å². The zero-order valence-electron chi connectivity index (χ0n) is 9.31. The van der Waals surface area contributed by atoms with Crippen molar-refractivity contribution in [1.82, 2.24) is 10.6 Å². The summed E-state index contributed by atoms with van der Waals surface area (Å²) in [6.45, 7) is 0.470. The first kappa shape index (κ1) is 14.2. The fourth-order valence-corrected chi connectivity index (χ4v) is 3.53. The molecule has 0 aromatic carbocycles. The SMILES string of the molecule is O=C(O)CCCNC(=S)N[C@@H]1CCS(=O)(=O)C1. The number of carboxylic acid groups (broad SMARTS) is 1. The summed E-state index contributed by atoms with van der Waals surface area (Å²) >= 11 is 4.98. The van der Waals surface area contributed by atoms with Crippen molar-refractivity contribution < 1.29 is 18.3 Å². The molecule has 1 fully saturated rings. The maximum atomic E-state index is 11.2. The quantitative estimate of drug-likeness (QED) is 0.461. The molecule has 1 rings (SSSR count). The summed E-state index contributed by atoms with van der Waals surface area (Å²) in [6.07, 6.45) is 1.15. The summed E-state index contributed by atoms with van der Waals surface area (Å²) in [6, 6.07) is -0.125. The standard InChI is InChI=1S/C9H16N2O4S2/c12-8(13)2-1-4-10-9(16)11-7-3-5-17(14,15)6-7/h7H,1-6H2,(H,12,13)(H2,10,11,16)/t7-/m1/s1. The average Bonchev–Trinajstić information content (AvgIpc) is 2.52. The van der Waals surface area contributed by atoms with Gasteiger partial charge in [-0.3, -0.25) is 4.79 Å². The van der Waals surface area contributed by atoms with Gasteiger partial charge in [-0.05, 0) is 25.1 Å². The number of sulfone groups is 1. The van der Waals surface area contributed by atoms with Gasteiger partial charge >= 0.3 is 5.97 Å². The molecule has 0 unspecified atom stereocenters. The predicted octanol–water partition coefficient (Wildman–Crippen LogP) is -0.498. The van der Waals surface area contributed by atoms with Gasteiger partial charge < -0.3 is 15.7 Å². The van der Waals surface area contributed by atoms with Crippen LogP contribution in [0.25, 0.3) is 0 Å². The van der Waals surface area contributed by atoms with E-state index < -0.39 is 15.8 Å². The fraction of sp³-hybridized carbons (Fsp3) is 0.778. The molecule has 8 heteroatoms. The van der Waals surface area contributed by atoms with E-state index in [1.165, 1.54) is 0 Å². The Morgan fingerprint density at radius 3 is 2.71 bits per heavy atom. The zero-order chi connectivity index (χ0) is 12.9. The molecule has 1 atom stereocenters. The first-order valence-corrected chi connectivity index (χ1v) is 7.58. The minimum Gasteiger partial charge on any atom is -0.481 e. The first-order chi connectivity index (χ1) is 7.89. The Bertz CT molecular complexity index is 394. The maximum absolute atomic E-state index is 11.2. The Hall–Kier alpha value is -0.890. The number of thiocarbonyl (C=S) groups is 1. The van der Waals surface area contributed by atoms with Crippen LogP contribution < -0.4 is 10.6 Å². The van der Waals surface area contributed by atoms with E-state index in [0.717, 1.165) is 0 Å². The summed E-state index contributed by atoms with van der Waals surface area (Å²) in [5.74, 6) is -0.525. The van der Waals surface area contributed by atoms with Gasteiger partial charge in [0.1, 0.15) is 0 Å². The highest BCUT2D eigenvalue weighted by atomic mass is 32.2. The Morgan fingerprint density at radius 1 is 1.47 bits per heavy atom. The molecule has 1 heterocycles. The molecule has 0 spiro atoms. The molecule has 0 aromatic heterocycles. The lowest BCUT2D eigenvalue weighted by Crippen LogP contribution is -2.42. The van der Waals surface area contributed by atoms with Crippen molar-refractivity contribution in [3.05, 3.63) is 0 Å². The van der Waals surface area contributed by atoms with Crippen molar-refractivity contribution in [1.29, 1.82) is 0 Å². The molecule has 0 aliphatic carbocycles. The molecular formula is C9H16N2O4S2. The lowest BCUT2D eigenvalue weighted by atomic mass is 10.3. The molecular weight excluding hydrogens is 264 g/mol. The van der Waals surface area contributed by atoms with Gasteiger partial charge in [-0.25, -0.2) is 8.42 Å². The molecule has 1 aliphatic heterocycles. The molecule has 6 nitrogen and oxygen atoms in total. The van der Waals surface area contributed by atoms with Crippen molar-refractivity contribution in [2.45, 2.75) is 25.3 Å². The topological polar surface area (TPSA) is 95.5 Å². The second kappa shape index (κ2) is 6.15. The Labute approximate surface area is 106 Å². The van der Waals surface area contributed by atoms with Gasteiger partial charge in [-0.2, -0.15) is 0 Å². The molecule has 0 saturated carbocycles. The number of rotatable bonds is 5. The van der Waals surface area contributed by atoms with Crippen molar-refractivity contribution in [2.24, 2.45) is 0 Å². The molecule has 0 bridgehead atoms. The summed E-state index contributed by atoms with van der Waals surface area (Å²) in [4.78, 5) is 10.3. The Balaban J connectivity index is 2.16. The number of hydrogen-bond acceptors (Lipinski definition) is 4. The van der Waals surface area contributed by atoms with Gasteiger partial charge in [0, 0.05) is 19.0 Å².